The Kier molecular flexibility index (Phi) is 7.19. The average Bonchev–Trinajstić information content (AvgIpc) is 2.72. The van der Waals surface area contributed by atoms with E-state index in [1.54, 1.807) is 36.4 Å². The topological polar surface area (TPSA) is 67.9 Å². The number of amides is 2. The van der Waals surface area contributed by atoms with Crippen molar-refractivity contribution in [1.29, 1.82) is 0 Å². The third-order valence-electron chi connectivity index (χ3n) is 4.40. The molecule has 0 atom stereocenters. The van der Waals surface area contributed by atoms with Crippen LogP contribution in [0.3, 0.4) is 0 Å². The zero-order valence-electron chi connectivity index (χ0n) is 17.1. The van der Waals surface area contributed by atoms with Crippen molar-refractivity contribution in [2.45, 2.75) is 26.4 Å². The summed E-state index contributed by atoms with van der Waals surface area (Å²) >= 11 is 0. The summed E-state index contributed by atoms with van der Waals surface area (Å²) in [6.45, 7) is 4.80. The lowest BCUT2D eigenvalue weighted by Gasteiger charge is -2.30. The van der Waals surface area contributed by atoms with Gasteiger partial charge < -0.3 is 14.8 Å². The Labute approximate surface area is 175 Å². The van der Waals surface area contributed by atoms with E-state index >= 15 is 0 Å². The van der Waals surface area contributed by atoms with Gasteiger partial charge >= 0.3 is 0 Å². The molecule has 2 aromatic carbocycles. The number of anilines is 1. The maximum Gasteiger partial charge on any atom is 0.294 e. The first-order chi connectivity index (χ1) is 14.4. The number of ether oxygens (including phenoxy) is 2. The van der Waals surface area contributed by atoms with Crippen LogP contribution in [0.15, 0.2) is 54.3 Å². The summed E-state index contributed by atoms with van der Waals surface area (Å²) in [6, 6.07) is 12.7. The van der Waals surface area contributed by atoms with Gasteiger partial charge in [-0.05, 0) is 56.2 Å². The number of carbonyl (C=O) groups is 2. The summed E-state index contributed by atoms with van der Waals surface area (Å²) in [5.41, 5.74) is 1.14. The molecule has 7 heteroatoms. The minimum absolute atomic E-state index is 0.0680. The van der Waals surface area contributed by atoms with E-state index in [1.807, 2.05) is 13.8 Å². The second kappa shape index (κ2) is 10.0. The van der Waals surface area contributed by atoms with Gasteiger partial charge in [-0.15, -0.1) is 0 Å². The first-order valence-corrected chi connectivity index (χ1v) is 9.88. The van der Waals surface area contributed by atoms with Crippen LogP contribution in [0.5, 0.6) is 5.75 Å². The molecule has 0 saturated heterocycles. The van der Waals surface area contributed by atoms with Crippen LogP contribution in [0.1, 0.15) is 25.8 Å². The van der Waals surface area contributed by atoms with Gasteiger partial charge in [0, 0.05) is 13.2 Å². The van der Waals surface area contributed by atoms with Gasteiger partial charge in [0.15, 0.2) is 11.5 Å². The molecule has 1 heterocycles. The molecular weight excluding hydrogens is 387 g/mol. The molecule has 6 nitrogen and oxygen atoms in total. The van der Waals surface area contributed by atoms with Gasteiger partial charge in [-0.2, -0.15) is 0 Å². The number of carbonyl (C=O) groups excluding carboxylic acids is 2. The van der Waals surface area contributed by atoms with E-state index in [0.717, 1.165) is 0 Å². The zero-order valence-corrected chi connectivity index (χ0v) is 17.1. The molecular formula is C23H25FN2O4. The Balaban J connectivity index is 1.71. The molecule has 2 aromatic rings. The summed E-state index contributed by atoms with van der Waals surface area (Å²) in [5, 5.41) is 2.81. The van der Waals surface area contributed by atoms with Gasteiger partial charge in [0.2, 0.25) is 5.91 Å². The van der Waals surface area contributed by atoms with Gasteiger partial charge in [0.05, 0.1) is 11.8 Å². The van der Waals surface area contributed by atoms with Gasteiger partial charge in [0.1, 0.15) is 12.4 Å². The predicted molar refractivity (Wildman–Crippen MR) is 113 cm³/mol. The van der Waals surface area contributed by atoms with E-state index in [0.29, 0.717) is 36.6 Å². The van der Waals surface area contributed by atoms with E-state index in [2.05, 4.69) is 5.32 Å². The van der Waals surface area contributed by atoms with E-state index in [1.165, 1.54) is 23.1 Å². The fourth-order valence-electron chi connectivity index (χ4n) is 2.95. The van der Waals surface area contributed by atoms with Crippen LogP contribution in [-0.2, 0) is 14.3 Å². The monoisotopic (exact) mass is 412 g/mol. The van der Waals surface area contributed by atoms with Crippen molar-refractivity contribution in [1.82, 2.24) is 5.32 Å². The Morgan fingerprint density at radius 2 is 1.93 bits per heavy atom. The molecule has 30 heavy (non-hydrogen) atoms. The number of benzene rings is 2. The lowest BCUT2D eigenvalue weighted by molar-refractivity contribution is -0.123. The number of nitrogens with one attached hydrogen (secondary N) is 1. The maximum atomic E-state index is 13.2. The number of hydrogen-bond acceptors (Lipinski definition) is 4. The molecule has 0 aliphatic carbocycles. The first kappa shape index (κ1) is 21.5. The average molecular weight is 412 g/mol. The van der Waals surface area contributed by atoms with Gasteiger partial charge in [0.25, 0.3) is 5.91 Å². The summed E-state index contributed by atoms with van der Waals surface area (Å²) in [4.78, 5) is 26.8. The van der Waals surface area contributed by atoms with Crippen LogP contribution in [0, 0.1) is 5.82 Å². The molecule has 0 fully saturated rings. The van der Waals surface area contributed by atoms with Crippen molar-refractivity contribution < 1.29 is 23.5 Å². The Bertz CT molecular complexity index is 925. The molecule has 2 amide bonds. The molecule has 1 aliphatic heterocycles. The highest BCUT2D eigenvalue weighted by atomic mass is 19.1. The summed E-state index contributed by atoms with van der Waals surface area (Å²) < 4.78 is 24.4. The van der Waals surface area contributed by atoms with Crippen LogP contribution in [0.2, 0.25) is 0 Å². The van der Waals surface area contributed by atoms with Crippen molar-refractivity contribution in [3.05, 3.63) is 65.7 Å². The van der Waals surface area contributed by atoms with E-state index in [-0.39, 0.29) is 30.1 Å². The standard InChI is InChI=1S/C23H25FN2O4/c1-16(2)29-13-5-12-25-22(27)15-26-19-6-3-4-7-20(19)30-21(23(26)28)14-17-8-10-18(24)11-9-17/h3-4,6-11,14,16H,5,12-13,15H2,1-2H3,(H,25,27). The molecule has 158 valence electrons. The third kappa shape index (κ3) is 5.67. The van der Waals surface area contributed by atoms with E-state index in [9.17, 15) is 14.0 Å². The lowest BCUT2D eigenvalue weighted by Crippen LogP contribution is -2.44. The summed E-state index contributed by atoms with van der Waals surface area (Å²) in [6.07, 6.45) is 2.37. The second-order valence-electron chi connectivity index (χ2n) is 7.14. The third-order valence-corrected chi connectivity index (χ3v) is 4.40. The molecule has 0 radical (unpaired) electrons. The molecule has 0 bridgehead atoms. The number of rotatable bonds is 8. The van der Waals surface area contributed by atoms with Crippen LogP contribution < -0.4 is 15.0 Å². The fourth-order valence-corrected chi connectivity index (χ4v) is 2.95. The molecule has 0 aromatic heterocycles. The summed E-state index contributed by atoms with van der Waals surface area (Å²) in [5.74, 6) is -0.528. The Morgan fingerprint density at radius 1 is 1.20 bits per heavy atom. The van der Waals surface area contributed by atoms with Crippen molar-refractivity contribution >= 4 is 23.6 Å². The number of para-hydroxylation sites is 2. The number of hydrogen-bond donors (Lipinski definition) is 1. The number of nitrogens with zero attached hydrogens (tertiary/aromatic N) is 1. The van der Waals surface area contributed by atoms with E-state index < -0.39 is 5.91 Å². The van der Waals surface area contributed by atoms with E-state index in [4.69, 9.17) is 9.47 Å². The van der Waals surface area contributed by atoms with Crippen LogP contribution in [0.25, 0.3) is 6.08 Å². The maximum absolute atomic E-state index is 13.2. The minimum atomic E-state index is -0.434. The number of fused-ring (bicyclic) bond motifs is 1. The summed E-state index contributed by atoms with van der Waals surface area (Å²) in [7, 11) is 0. The number of halogens is 1. The molecule has 0 unspecified atom stereocenters. The minimum Gasteiger partial charge on any atom is -0.449 e. The Hall–Kier alpha value is -3.19. The smallest absolute Gasteiger partial charge is 0.294 e. The highest BCUT2D eigenvalue weighted by Crippen LogP contribution is 2.35. The van der Waals surface area contributed by atoms with Crippen molar-refractivity contribution in [2.75, 3.05) is 24.6 Å². The lowest BCUT2D eigenvalue weighted by atomic mass is 10.1. The quantitative estimate of drug-likeness (QED) is 0.532. The predicted octanol–water partition coefficient (Wildman–Crippen LogP) is 3.52. The SMILES string of the molecule is CC(C)OCCCNC(=O)CN1C(=O)C(=Cc2ccc(F)cc2)Oc2ccccc21. The highest BCUT2D eigenvalue weighted by Gasteiger charge is 2.31. The highest BCUT2D eigenvalue weighted by molar-refractivity contribution is 6.12. The first-order valence-electron chi connectivity index (χ1n) is 9.88. The fraction of sp³-hybridized carbons (Fsp3) is 0.304. The van der Waals surface area contributed by atoms with Crippen molar-refractivity contribution in [3.63, 3.8) is 0 Å². The molecule has 0 saturated carbocycles. The van der Waals surface area contributed by atoms with Gasteiger partial charge in [-0.1, -0.05) is 24.3 Å². The second-order valence-corrected chi connectivity index (χ2v) is 7.14. The molecule has 0 spiro atoms. The van der Waals surface area contributed by atoms with Gasteiger partial charge in [-0.25, -0.2) is 4.39 Å². The largest absolute Gasteiger partial charge is 0.449 e. The normalized spacial score (nSPS) is 14.6. The van der Waals surface area contributed by atoms with Crippen LogP contribution >= 0.6 is 0 Å². The molecule has 1 aliphatic rings. The van der Waals surface area contributed by atoms with Crippen molar-refractivity contribution in [2.24, 2.45) is 0 Å². The van der Waals surface area contributed by atoms with Crippen molar-refractivity contribution in [3.8, 4) is 5.75 Å². The molecule has 1 N–H and O–H groups in total. The van der Waals surface area contributed by atoms with Gasteiger partial charge in [-0.3, -0.25) is 14.5 Å². The van der Waals surface area contributed by atoms with Crippen LogP contribution in [-0.4, -0.2) is 37.6 Å². The zero-order chi connectivity index (χ0) is 21.5. The molecule has 3 rings (SSSR count). The van der Waals surface area contributed by atoms with Crippen LogP contribution in [0.4, 0.5) is 10.1 Å². The Morgan fingerprint density at radius 3 is 2.67 bits per heavy atom.